The first-order valence-electron chi connectivity index (χ1n) is 12.8. The van der Waals surface area contributed by atoms with Gasteiger partial charge >= 0.3 is 0 Å². The van der Waals surface area contributed by atoms with Crippen LogP contribution >= 0.6 is 0 Å². The van der Waals surface area contributed by atoms with Gasteiger partial charge in [-0.3, -0.25) is 19.5 Å². The zero-order valence-corrected chi connectivity index (χ0v) is 23.3. The molecule has 10 nitrogen and oxygen atoms in total. The van der Waals surface area contributed by atoms with Crippen LogP contribution in [0.2, 0.25) is 0 Å². The summed E-state index contributed by atoms with van der Waals surface area (Å²) < 4.78 is 35.5. The maximum atomic E-state index is 14.1. The minimum Gasteiger partial charge on any atom is -0.493 e. The van der Waals surface area contributed by atoms with Gasteiger partial charge in [-0.2, -0.15) is 5.10 Å². The zero-order chi connectivity index (χ0) is 27.9. The lowest BCUT2D eigenvalue weighted by Crippen LogP contribution is -2.35. The normalized spacial score (nSPS) is 14.1. The van der Waals surface area contributed by atoms with Gasteiger partial charge in [-0.25, -0.2) is 13.4 Å². The highest BCUT2D eigenvalue weighted by atomic mass is 32.2. The number of aryl methyl sites for hydroxylation is 2. The van der Waals surface area contributed by atoms with Gasteiger partial charge in [0, 0.05) is 18.5 Å². The fourth-order valence-electron chi connectivity index (χ4n) is 4.97. The molecule has 2 aromatic carbocycles. The van der Waals surface area contributed by atoms with Crippen molar-refractivity contribution >= 4 is 43.7 Å². The fourth-order valence-corrected chi connectivity index (χ4v) is 6.79. The quantitative estimate of drug-likeness (QED) is 0.357. The van der Waals surface area contributed by atoms with E-state index in [2.05, 4.69) is 20.1 Å². The lowest BCUT2D eigenvalue weighted by atomic mass is 10.1. The molecule has 2 aromatic heterocycles. The van der Waals surface area contributed by atoms with Gasteiger partial charge in [0.25, 0.3) is 5.56 Å². The molecule has 1 N–H and O–H groups in total. The van der Waals surface area contributed by atoms with Gasteiger partial charge in [-0.05, 0) is 57.5 Å². The predicted octanol–water partition coefficient (Wildman–Crippen LogP) is 4.72. The first-order valence-corrected chi connectivity index (χ1v) is 14.4. The second-order valence-corrected chi connectivity index (χ2v) is 11.5. The SMILES string of the molecule is CCCc1nn(C)c2c(=O)[nH]c(-c3cc(S(=O)(=O)C4C(C)=Nc5ccccc5N=C4C)ccc3OCC)nc12. The average Bonchev–Trinajstić information content (AvgIpc) is 3.13. The summed E-state index contributed by atoms with van der Waals surface area (Å²) in [6.07, 6.45) is 1.49. The Morgan fingerprint density at radius 3 is 2.31 bits per heavy atom. The molecule has 0 aliphatic carbocycles. The van der Waals surface area contributed by atoms with Gasteiger partial charge in [0.2, 0.25) is 0 Å². The Bertz CT molecular complexity index is 1780. The van der Waals surface area contributed by atoms with E-state index in [0.717, 1.165) is 6.42 Å². The van der Waals surface area contributed by atoms with Gasteiger partial charge in [-0.15, -0.1) is 0 Å². The molecule has 4 aromatic rings. The van der Waals surface area contributed by atoms with Crippen LogP contribution in [0.5, 0.6) is 5.75 Å². The zero-order valence-electron chi connectivity index (χ0n) is 22.5. The summed E-state index contributed by atoms with van der Waals surface area (Å²) in [6.45, 7) is 7.60. The molecule has 0 fully saturated rings. The number of benzene rings is 2. The maximum Gasteiger partial charge on any atom is 0.277 e. The third-order valence-corrected chi connectivity index (χ3v) is 8.84. The van der Waals surface area contributed by atoms with E-state index in [1.54, 1.807) is 27.0 Å². The predicted molar refractivity (Wildman–Crippen MR) is 153 cm³/mol. The van der Waals surface area contributed by atoms with Crippen molar-refractivity contribution in [1.82, 2.24) is 19.7 Å². The molecular weight excluding hydrogens is 516 g/mol. The van der Waals surface area contributed by atoms with Crippen molar-refractivity contribution in [3.63, 3.8) is 0 Å². The van der Waals surface area contributed by atoms with E-state index in [1.165, 1.54) is 16.8 Å². The van der Waals surface area contributed by atoms with Crippen LogP contribution in [0.25, 0.3) is 22.4 Å². The number of hydrogen-bond donors (Lipinski definition) is 1. The largest absolute Gasteiger partial charge is 0.493 e. The molecule has 5 rings (SSSR count). The smallest absolute Gasteiger partial charge is 0.277 e. The van der Waals surface area contributed by atoms with E-state index < -0.39 is 15.1 Å². The molecular formula is C28H30N6O4S. The van der Waals surface area contributed by atoms with Crippen LogP contribution in [0.1, 0.15) is 39.8 Å². The Kier molecular flexibility index (Phi) is 6.94. The number of fused-ring (bicyclic) bond motifs is 2. The Morgan fingerprint density at radius 2 is 1.69 bits per heavy atom. The molecule has 0 bridgehead atoms. The Hall–Kier alpha value is -4.12. The number of ether oxygens (including phenoxy) is 1. The molecule has 0 spiro atoms. The lowest BCUT2D eigenvalue weighted by Gasteiger charge is -2.18. The Morgan fingerprint density at radius 1 is 1.03 bits per heavy atom. The number of para-hydroxylation sites is 2. The summed E-state index contributed by atoms with van der Waals surface area (Å²) in [5, 5.41) is 3.42. The highest BCUT2D eigenvalue weighted by Gasteiger charge is 2.35. The molecule has 3 heterocycles. The number of aromatic nitrogens is 4. The van der Waals surface area contributed by atoms with E-state index in [-0.39, 0.29) is 16.3 Å². The molecule has 0 atom stereocenters. The second-order valence-electron chi connectivity index (χ2n) is 9.44. The number of hydrogen-bond acceptors (Lipinski definition) is 8. The second kappa shape index (κ2) is 10.2. The molecule has 1 aliphatic heterocycles. The summed E-state index contributed by atoms with van der Waals surface area (Å²) in [4.78, 5) is 29.9. The molecule has 0 saturated heterocycles. The Labute approximate surface area is 226 Å². The highest BCUT2D eigenvalue weighted by Crippen LogP contribution is 2.35. The van der Waals surface area contributed by atoms with Gasteiger partial charge in [0.15, 0.2) is 15.4 Å². The van der Waals surface area contributed by atoms with Gasteiger partial charge in [-0.1, -0.05) is 25.5 Å². The van der Waals surface area contributed by atoms with Crippen LogP contribution in [-0.2, 0) is 23.3 Å². The van der Waals surface area contributed by atoms with Gasteiger partial charge < -0.3 is 9.72 Å². The molecule has 0 radical (unpaired) electrons. The molecule has 202 valence electrons. The van der Waals surface area contributed by atoms with Crippen LogP contribution in [0, 0.1) is 0 Å². The van der Waals surface area contributed by atoms with Crippen molar-refractivity contribution in [1.29, 1.82) is 0 Å². The number of rotatable bonds is 7. The van der Waals surface area contributed by atoms with Crippen LogP contribution < -0.4 is 10.3 Å². The van der Waals surface area contributed by atoms with Crippen molar-refractivity contribution in [3.05, 3.63) is 58.5 Å². The van der Waals surface area contributed by atoms with E-state index in [0.29, 0.717) is 63.9 Å². The maximum absolute atomic E-state index is 14.1. The first-order chi connectivity index (χ1) is 18.6. The van der Waals surface area contributed by atoms with Crippen LogP contribution in [0.15, 0.2) is 62.1 Å². The summed E-state index contributed by atoms with van der Waals surface area (Å²) in [5.74, 6) is 0.617. The van der Waals surface area contributed by atoms with E-state index in [9.17, 15) is 13.2 Å². The van der Waals surface area contributed by atoms with Gasteiger partial charge in [0.1, 0.15) is 22.3 Å². The standard InChI is InChI=1S/C28H30N6O4S/c1-6-10-22-24-25(34(5)33-22)28(35)32-27(31-24)19-15-18(13-14-23(19)38-7-2)39(36,37)26-16(3)29-20-11-8-9-12-21(20)30-17(26)4/h8-9,11-15,26H,6-7,10H2,1-5H3,(H,31,32,35). The highest BCUT2D eigenvalue weighted by molar-refractivity contribution is 7.93. The fraction of sp³-hybridized carbons (Fsp3) is 0.321. The van der Waals surface area contributed by atoms with Crippen molar-refractivity contribution in [2.24, 2.45) is 17.0 Å². The number of nitrogens with one attached hydrogen (secondary N) is 1. The number of aromatic amines is 1. The van der Waals surface area contributed by atoms with Crippen LogP contribution in [-0.4, -0.2) is 51.4 Å². The number of aliphatic imine (C=N–C) groups is 2. The minimum atomic E-state index is -3.98. The monoisotopic (exact) mass is 546 g/mol. The first kappa shape index (κ1) is 26.5. The third kappa shape index (κ3) is 4.67. The molecule has 39 heavy (non-hydrogen) atoms. The Balaban J connectivity index is 1.68. The van der Waals surface area contributed by atoms with E-state index >= 15 is 0 Å². The number of nitrogens with zero attached hydrogens (tertiary/aromatic N) is 5. The van der Waals surface area contributed by atoms with Gasteiger partial charge in [0.05, 0.1) is 34.1 Å². The van der Waals surface area contributed by atoms with E-state index in [4.69, 9.17) is 9.72 Å². The summed E-state index contributed by atoms with van der Waals surface area (Å²) in [7, 11) is -2.28. The molecule has 1 aliphatic rings. The molecule has 0 saturated carbocycles. The van der Waals surface area contributed by atoms with Crippen molar-refractivity contribution in [3.8, 4) is 17.1 Å². The van der Waals surface area contributed by atoms with Crippen molar-refractivity contribution in [2.45, 2.75) is 50.7 Å². The third-order valence-electron chi connectivity index (χ3n) is 6.63. The molecule has 0 unspecified atom stereocenters. The van der Waals surface area contributed by atoms with Crippen LogP contribution in [0.3, 0.4) is 0 Å². The minimum absolute atomic E-state index is 0.0451. The van der Waals surface area contributed by atoms with Crippen molar-refractivity contribution < 1.29 is 13.2 Å². The summed E-state index contributed by atoms with van der Waals surface area (Å²) in [5.41, 5.74) is 3.64. The van der Waals surface area contributed by atoms with Crippen molar-refractivity contribution in [2.75, 3.05) is 6.61 Å². The average molecular weight is 547 g/mol. The topological polar surface area (TPSA) is 132 Å². The lowest BCUT2D eigenvalue weighted by molar-refractivity contribution is 0.341. The summed E-state index contributed by atoms with van der Waals surface area (Å²) in [6, 6.07) is 11.9. The van der Waals surface area contributed by atoms with Crippen LogP contribution in [0.4, 0.5) is 11.4 Å². The van der Waals surface area contributed by atoms with E-state index in [1.807, 2.05) is 38.1 Å². The summed E-state index contributed by atoms with van der Waals surface area (Å²) >= 11 is 0. The molecule has 0 amide bonds. The number of sulfone groups is 1. The molecule has 11 heteroatoms. The number of H-pyrrole nitrogens is 1.